The van der Waals surface area contributed by atoms with Gasteiger partial charge >= 0.3 is 11.7 Å². The summed E-state index contributed by atoms with van der Waals surface area (Å²) in [5.41, 5.74) is -0.739. The highest BCUT2D eigenvalue weighted by molar-refractivity contribution is 7.10. The molecule has 0 aliphatic heterocycles. The number of hydrogen-bond donors (Lipinski definition) is 1. The Morgan fingerprint density at radius 2 is 2.16 bits per heavy atom. The van der Waals surface area contributed by atoms with Gasteiger partial charge in [0.15, 0.2) is 6.10 Å². The predicted molar refractivity (Wildman–Crippen MR) is 90.6 cm³/mol. The topological polar surface area (TPSA) is 98.5 Å². The van der Waals surface area contributed by atoms with Crippen LogP contribution in [0.4, 0.5) is 15.8 Å². The quantitative estimate of drug-likeness (QED) is 0.367. The molecular weight excluding hydrogens is 351 g/mol. The fraction of sp³-hybridized carbons (Fsp3) is 0.125. The number of hydrogen-bond acceptors (Lipinski definition) is 6. The van der Waals surface area contributed by atoms with Crippen LogP contribution in [0.2, 0.25) is 0 Å². The molecule has 0 radical (unpaired) electrons. The predicted octanol–water partition coefficient (Wildman–Crippen LogP) is 3.38. The molecule has 0 unspecified atom stereocenters. The fourth-order valence-corrected chi connectivity index (χ4v) is 2.40. The number of benzene rings is 1. The van der Waals surface area contributed by atoms with Gasteiger partial charge in [0.25, 0.3) is 5.91 Å². The number of amides is 1. The summed E-state index contributed by atoms with van der Waals surface area (Å²) in [6.07, 6.45) is 1.61. The van der Waals surface area contributed by atoms with Crippen molar-refractivity contribution in [3.8, 4) is 0 Å². The van der Waals surface area contributed by atoms with E-state index in [1.807, 2.05) is 17.5 Å². The first-order valence-electron chi connectivity index (χ1n) is 7.04. The number of anilines is 1. The van der Waals surface area contributed by atoms with E-state index in [9.17, 15) is 24.1 Å². The number of esters is 1. The molecule has 1 aromatic heterocycles. The maximum Gasteiger partial charge on any atom is 0.331 e. The monoisotopic (exact) mass is 364 g/mol. The van der Waals surface area contributed by atoms with Gasteiger partial charge in [-0.15, -0.1) is 11.3 Å². The van der Waals surface area contributed by atoms with Crippen molar-refractivity contribution in [3.63, 3.8) is 0 Å². The maximum atomic E-state index is 13.3. The average molecular weight is 364 g/mol. The highest BCUT2D eigenvalue weighted by Crippen LogP contribution is 2.21. The Morgan fingerprint density at radius 3 is 2.80 bits per heavy atom. The van der Waals surface area contributed by atoms with Gasteiger partial charge in [0.05, 0.1) is 4.92 Å². The van der Waals surface area contributed by atoms with Crippen LogP contribution < -0.4 is 5.32 Å². The molecule has 0 saturated carbocycles. The Hall–Kier alpha value is -3.07. The lowest BCUT2D eigenvalue weighted by molar-refractivity contribution is -0.387. The molecule has 2 rings (SSSR count). The maximum absolute atomic E-state index is 13.3. The highest BCUT2D eigenvalue weighted by Gasteiger charge is 2.19. The van der Waals surface area contributed by atoms with Gasteiger partial charge in [0.2, 0.25) is 5.82 Å². The summed E-state index contributed by atoms with van der Waals surface area (Å²) in [6, 6.07) is 6.57. The summed E-state index contributed by atoms with van der Waals surface area (Å²) in [5, 5.41) is 14.9. The van der Waals surface area contributed by atoms with Gasteiger partial charge < -0.3 is 10.1 Å². The van der Waals surface area contributed by atoms with E-state index in [1.54, 1.807) is 6.08 Å². The minimum absolute atomic E-state index is 0.0233. The molecule has 1 N–H and O–H groups in total. The summed E-state index contributed by atoms with van der Waals surface area (Å²) >= 11 is 1.44. The molecule has 0 aliphatic carbocycles. The van der Waals surface area contributed by atoms with Gasteiger partial charge in [-0.2, -0.15) is 4.39 Å². The number of nitro benzene ring substituents is 1. The van der Waals surface area contributed by atoms with Crippen LogP contribution in [-0.4, -0.2) is 22.9 Å². The van der Waals surface area contributed by atoms with Crippen LogP contribution in [0.15, 0.2) is 41.8 Å². The van der Waals surface area contributed by atoms with Crippen LogP contribution in [0.25, 0.3) is 6.08 Å². The zero-order valence-corrected chi connectivity index (χ0v) is 13.8. The number of carbonyl (C=O) groups excluding carboxylic acids is 2. The van der Waals surface area contributed by atoms with Crippen molar-refractivity contribution in [2.75, 3.05) is 5.32 Å². The number of nitro groups is 1. The summed E-state index contributed by atoms with van der Waals surface area (Å²) < 4.78 is 18.2. The number of nitrogens with one attached hydrogen (secondary N) is 1. The van der Waals surface area contributed by atoms with Crippen LogP contribution in [0.3, 0.4) is 0 Å². The van der Waals surface area contributed by atoms with Crippen LogP contribution >= 0.6 is 11.3 Å². The minimum Gasteiger partial charge on any atom is -0.449 e. The molecule has 2 aromatic rings. The lowest BCUT2D eigenvalue weighted by atomic mass is 10.2. The van der Waals surface area contributed by atoms with Gasteiger partial charge in [-0.25, -0.2) is 4.79 Å². The SMILES string of the molecule is C[C@H](OC(=O)/C=C/c1cccs1)C(=O)Nc1ccc(F)c([N+](=O)[O-])c1. The number of ether oxygens (including phenoxy) is 1. The first kappa shape index (κ1) is 18.3. The molecule has 7 nitrogen and oxygen atoms in total. The second kappa shape index (κ2) is 8.15. The number of halogens is 1. The molecule has 1 aromatic carbocycles. The summed E-state index contributed by atoms with van der Waals surface area (Å²) in [5.74, 6) is -2.42. The molecule has 9 heteroatoms. The van der Waals surface area contributed by atoms with Crippen LogP contribution in [-0.2, 0) is 14.3 Å². The Kier molecular flexibility index (Phi) is 5.96. The number of nitrogens with zero attached hydrogens (tertiary/aromatic N) is 1. The fourth-order valence-electron chi connectivity index (χ4n) is 1.78. The van der Waals surface area contributed by atoms with Crippen molar-refractivity contribution in [2.45, 2.75) is 13.0 Å². The molecule has 0 fully saturated rings. The van der Waals surface area contributed by atoms with Crippen molar-refractivity contribution in [1.82, 2.24) is 0 Å². The molecule has 1 amide bonds. The zero-order chi connectivity index (χ0) is 18.4. The molecular formula is C16H13FN2O5S. The molecule has 0 spiro atoms. The van der Waals surface area contributed by atoms with Crippen LogP contribution in [0.5, 0.6) is 0 Å². The largest absolute Gasteiger partial charge is 0.449 e. The molecule has 1 atom stereocenters. The van der Waals surface area contributed by atoms with E-state index in [2.05, 4.69) is 5.32 Å². The van der Waals surface area contributed by atoms with Gasteiger partial charge in [-0.1, -0.05) is 6.07 Å². The zero-order valence-electron chi connectivity index (χ0n) is 13.0. The van der Waals surface area contributed by atoms with Gasteiger partial charge in [0.1, 0.15) is 0 Å². The van der Waals surface area contributed by atoms with Crippen molar-refractivity contribution < 1.29 is 23.6 Å². The first-order chi connectivity index (χ1) is 11.9. The smallest absolute Gasteiger partial charge is 0.331 e. The lowest BCUT2D eigenvalue weighted by Crippen LogP contribution is -2.29. The third-order valence-corrected chi connectivity index (χ3v) is 3.84. The van der Waals surface area contributed by atoms with Crippen molar-refractivity contribution in [1.29, 1.82) is 0 Å². The van der Waals surface area contributed by atoms with E-state index in [4.69, 9.17) is 4.74 Å². The van der Waals surface area contributed by atoms with Gasteiger partial charge in [-0.3, -0.25) is 14.9 Å². The molecule has 130 valence electrons. The van der Waals surface area contributed by atoms with E-state index < -0.39 is 34.4 Å². The average Bonchev–Trinajstić information content (AvgIpc) is 3.07. The molecule has 25 heavy (non-hydrogen) atoms. The van der Waals surface area contributed by atoms with Crippen molar-refractivity contribution in [2.24, 2.45) is 0 Å². The van der Waals surface area contributed by atoms with Crippen molar-refractivity contribution >= 4 is 40.7 Å². The first-order valence-corrected chi connectivity index (χ1v) is 7.92. The van der Waals surface area contributed by atoms with E-state index in [0.717, 1.165) is 17.0 Å². The van der Waals surface area contributed by atoms with E-state index >= 15 is 0 Å². The number of carbonyl (C=O) groups is 2. The van der Waals surface area contributed by atoms with E-state index in [-0.39, 0.29) is 5.69 Å². The van der Waals surface area contributed by atoms with Crippen molar-refractivity contribution in [3.05, 3.63) is 62.6 Å². The summed E-state index contributed by atoms with van der Waals surface area (Å²) in [6.45, 7) is 1.35. The van der Waals surface area contributed by atoms with Gasteiger partial charge in [0, 0.05) is 22.7 Å². The normalized spacial score (nSPS) is 11.9. The molecule has 0 aliphatic rings. The Balaban J connectivity index is 1.95. The molecule has 0 saturated heterocycles. The minimum atomic E-state index is -1.13. The Morgan fingerprint density at radius 1 is 1.40 bits per heavy atom. The second-order valence-corrected chi connectivity index (χ2v) is 5.82. The molecule has 0 bridgehead atoms. The third kappa shape index (κ3) is 5.21. The summed E-state index contributed by atoms with van der Waals surface area (Å²) in [7, 11) is 0. The Bertz CT molecular complexity index is 820. The molecule has 1 heterocycles. The summed E-state index contributed by atoms with van der Waals surface area (Å²) in [4.78, 5) is 34.3. The van der Waals surface area contributed by atoms with Crippen LogP contribution in [0.1, 0.15) is 11.8 Å². The Labute approximate surface area is 145 Å². The lowest BCUT2D eigenvalue weighted by Gasteiger charge is -2.12. The highest BCUT2D eigenvalue weighted by atomic mass is 32.1. The third-order valence-electron chi connectivity index (χ3n) is 3.00. The van der Waals surface area contributed by atoms with E-state index in [0.29, 0.717) is 0 Å². The standard InChI is InChI=1S/C16H13FN2O5S/c1-10(24-15(20)7-5-12-3-2-8-25-12)16(21)18-11-4-6-13(17)14(9-11)19(22)23/h2-10H,1H3,(H,18,21)/b7-5+/t10-/m0/s1. The van der Waals surface area contributed by atoms with Gasteiger partial charge in [-0.05, 0) is 36.6 Å². The number of rotatable bonds is 6. The second-order valence-electron chi connectivity index (χ2n) is 4.84. The van der Waals surface area contributed by atoms with E-state index in [1.165, 1.54) is 30.4 Å². The van der Waals surface area contributed by atoms with Crippen LogP contribution in [0, 0.1) is 15.9 Å². The number of thiophene rings is 1.